The van der Waals surface area contributed by atoms with Gasteiger partial charge in [-0.15, -0.1) is 0 Å². The maximum absolute atomic E-state index is 13.0. The fraction of sp³-hybridized carbons (Fsp3) is 0.273. The molecule has 9 heteroatoms. The molecule has 0 radical (unpaired) electrons. The summed E-state index contributed by atoms with van der Waals surface area (Å²) in [7, 11) is -3.79. The number of aromatic nitrogens is 1. The third-order valence-electron chi connectivity index (χ3n) is 7.40. The Bertz CT molecular complexity index is 1590. The van der Waals surface area contributed by atoms with E-state index in [4.69, 9.17) is 0 Å². The molecule has 0 spiro atoms. The first kappa shape index (κ1) is 29.3. The molecule has 2 amide bonds. The minimum absolute atomic E-state index is 0.0723. The molecular weight excluding hydrogens is 546 g/mol. The van der Waals surface area contributed by atoms with E-state index in [1.807, 2.05) is 24.4 Å². The number of carbonyl (C=O) groups excluding carboxylic acids is 1. The Hall–Kier alpha value is -4.21. The number of urea groups is 1. The number of amides is 2. The Labute approximate surface area is 248 Å². The molecule has 5 rings (SSSR count). The average Bonchev–Trinajstić information content (AvgIpc) is 3.01. The number of rotatable bonds is 11. The zero-order valence-electron chi connectivity index (χ0n) is 23.8. The van der Waals surface area contributed by atoms with Crippen molar-refractivity contribution in [1.29, 1.82) is 0 Å². The van der Waals surface area contributed by atoms with Crippen LogP contribution in [0.2, 0.25) is 0 Å². The number of anilines is 2. The summed E-state index contributed by atoms with van der Waals surface area (Å²) in [6.45, 7) is 3.67. The second-order valence-corrected chi connectivity index (χ2v) is 12.1. The van der Waals surface area contributed by atoms with Crippen LogP contribution in [0.3, 0.4) is 0 Å². The standard InChI is InChI=1S/C33H37N5O3S/c1-2-3-4-5-21-36-33(39)37-28-16-18-30(19-17-28)42(40,41)38-29-14-12-25(13-15-29)24-8-10-27(11-9-24)32-31-26(20-23-35-32)7-6-22-34-31/h6-19,22,32,35,38H,2-5,20-21,23H2,1H3,(H2,36,37,39). The highest BCUT2D eigenvalue weighted by Gasteiger charge is 2.22. The summed E-state index contributed by atoms with van der Waals surface area (Å²) in [6, 6.07) is 25.7. The van der Waals surface area contributed by atoms with E-state index in [9.17, 15) is 13.2 Å². The van der Waals surface area contributed by atoms with Crippen molar-refractivity contribution in [2.45, 2.75) is 50.0 Å². The predicted octanol–water partition coefficient (Wildman–Crippen LogP) is 6.49. The van der Waals surface area contributed by atoms with Crippen LogP contribution in [0.25, 0.3) is 11.1 Å². The molecule has 3 aromatic carbocycles. The van der Waals surface area contributed by atoms with E-state index in [0.29, 0.717) is 17.9 Å². The van der Waals surface area contributed by atoms with Gasteiger partial charge in [0.15, 0.2) is 0 Å². The molecule has 1 aliphatic rings. The van der Waals surface area contributed by atoms with Gasteiger partial charge in [0.25, 0.3) is 10.0 Å². The zero-order valence-corrected chi connectivity index (χ0v) is 24.6. The minimum Gasteiger partial charge on any atom is -0.338 e. The third-order valence-corrected chi connectivity index (χ3v) is 8.79. The number of fused-ring (bicyclic) bond motifs is 1. The lowest BCUT2D eigenvalue weighted by Gasteiger charge is -2.26. The van der Waals surface area contributed by atoms with Crippen molar-refractivity contribution < 1.29 is 13.2 Å². The quantitative estimate of drug-likeness (QED) is 0.151. The Morgan fingerprint density at radius 1 is 0.881 bits per heavy atom. The van der Waals surface area contributed by atoms with Gasteiger partial charge in [-0.25, -0.2) is 13.2 Å². The summed E-state index contributed by atoms with van der Waals surface area (Å²) in [4.78, 5) is 16.8. The molecule has 4 aromatic rings. The van der Waals surface area contributed by atoms with Crippen molar-refractivity contribution >= 4 is 27.4 Å². The molecular formula is C33H37N5O3S. The molecule has 0 fully saturated rings. The largest absolute Gasteiger partial charge is 0.338 e. The van der Waals surface area contributed by atoms with E-state index in [-0.39, 0.29) is 17.0 Å². The smallest absolute Gasteiger partial charge is 0.319 e. The minimum atomic E-state index is -3.79. The number of carbonyl (C=O) groups is 1. The number of sulfonamides is 1. The van der Waals surface area contributed by atoms with E-state index in [0.717, 1.165) is 61.0 Å². The molecule has 218 valence electrons. The first-order valence-corrected chi connectivity index (χ1v) is 16.0. The molecule has 0 saturated carbocycles. The Balaban J connectivity index is 1.17. The van der Waals surface area contributed by atoms with Crippen molar-refractivity contribution in [2.75, 3.05) is 23.1 Å². The lowest BCUT2D eigenvalue weighted by atomic mass is 9.93. The maximum Gasteiger partial charge on any atom is 0.319 e. The van der Waals surface area contributed by atoms with Gasteiger partial charge in [-0.05, 0) is 77.6 Å². The Morgan fingerprint density at radius 2 is 1.57 bits per heavy atom. The van der Waals surface area contributed by atoms with Gasteiger partial charge in [0.05, 0.1) is 16.6 Å². The van der Waals surface area contributed by atoms with E-state index in [1.165, 1.54) is 17.7 Å². The van der Waals surface area contributed by atoms with E-state index in [2.05, 4.69) is 62.9 Å². The lowest BCUT2D eigenvalue weighted by molar-refractivity contribution is 0.252. The number of nitrogens with one attached hydrogen (secondary N) is 4. The normalized spacial score (nSPS) is 14.5. The van der Waals surface area contributed by atoms with Crippen molar-refractivity contribution in [3.8, 4) is 11.1 Å². The third kappa shape index (κ3) is 7.35. The van der Waals surface area contributed by atoms with Gasteiger partial charge in [0.2, 0.25) is 0 Å². The number of benzene rings is 3. The van der Waals surface area contributed by atoms with E-state index < -0.39 is 10.0 Å². The highest BCUT2D eigenvalue weighted by molar-refractivity contribution is 7.92. The molecule has 0 aliphatic carbocycles. The molecule has 1 aromatic heterocycles. The predicted molar refractivity (Wildman–Crippen MR) is 168 cm³/mol. The number of pyridine rings is 1. The second kappa shape index (κ2) is 13.6. The maximum atomic E-state index is 13.0. The Kier molecular flexibility index (Phi) is 9.51. The van der Waals surface area contributed by atoms with E-state index >= 15 is 0 Å². The summed E-state index contributed by atoms with van der Waals surface area (Å²) in [5.41, 5.74) is 6.54. The fourth-order valence-electron chi connectivity index (χ4n) is 5.10. The molecule has 0 saturated heterocycles. The van der Waals surface area contributed by atoms with Crippen LogP contribution in [-0.2, 0) is 16.4 Å². The second-order valence-electron chi connectivity index (χ2n) is 10.5. The SMILES string of the molecule is CCCCCCNC(=O)Nc1ccc(S(=O)(=O)Nc2ccc(-c3ccc(C4NCCc5cccnc54)cc3)cc2)cc1. The molecule has 42 heavy (non-hydrogen) atoms. The summed E-state index contributed by atoms with van der Waals surface area (Å²) >= 11 is 0. The zero-order chi connectivity index (χ0) is 29.4. The van der Waals surface area contributed by atoms with Crippen molar-refractivity contribution in [3.05, 3.63) is 108 Å². The molecule has 1 atom stereocenters. The van der Waals surface area contributed by atoms with Crippen LogP contribution >= 0.6 is 0 Å². The summed E-state index contributed by atoms with van der Waals surface area (Å²) in [5.74, 6) is 0. The number of hydrogen-bond donors (Lipinski definition) is 4. The monoisotopic (exact) mass is 583 g/mol. The van der Waals surface area contributed by atoms with Crippen LogP contribution in [-0.4, -0.2) is 32.5 Å². The molecule has 0 bridgehead atoms. The van der Waals surface area contributed by atoms with Crippen LogP contribution in [0.5, 0.6) is 0 Å². The van der Waals surface area contributed by atoms with Crippen LogP contribution in [0.1, 0.15) is 55.5 Å². The van der Waals surface area contributed by atoms with Gasteiger partial charge in [-0.3, -0.25) is 9.71 Å². The first-order chi connectivity index (χ1) is 20.4. The number of unbranched alkanes of at least 4 members (excludes halogenated alkanes) is 3. The van der Waals surface area contributed by atoms with Crippen molar-refractivity contribution in [2.24, 2.45) is 0 Å². The molecule has 1 unspecified atom stereocenters. The van der Waals surface area contributed by atoms with Gasteiger partial charge in [-0.1, -0.05) is 68.7 Å². The average molecular weight is 584 g/mol. The van der Waals surface area contributed by atoms with Gasteiger partial charge in [0, 0.05) is 30.7 Å². The molecule has 8 nitrogen and oxygen atoms in total. The van der Waals surface area contributed by atoms with Gasteiger partial charge in [-0.2, -0.15) is 0 Å². The topological polar surface area (TPSA) is 112 Å². The number of hydrogen-bond acceptors (Lipinski definition) is 5. The molecule has 2 heterocycles. The highest BCUT2D eigenvalue weighted by atomic mass is 32.2. The van der Waals surface area contributed by atoms with Crippen molar-refractivity contribution in [3.63, 3.8) is 0 Å². The Morgan fingerprint density at radius 3 is 2.29 bits per heavy atom. The summed E-state index contributed by atoms with van der Waals surface area (Å²) in [6.07, 6.45) is 7.13. The summed E-state index contributed by atoms with van der Waals surface area (Å²) < 4.78 is 28.6. The first-order valence-electron chi connectivity index (χ1n) is 14.5. The van der Waals surface area contributed by atoms with Crippen LogP contribution in [0.15, 0.2) is 96.0 Å². The number of nitrogens with zero attached hydrogens (tertiary/aromatic N) is 1. The van der Waals surface area contributed by atoms with E-state index in [1.54, 1.807) is 24.3 Å². The molecule has 1 aliphatic heterocycles. The van der Waals surface area contributed by atoms with Gasteiger partial charge < -0.3 is 16.0 Å². The van der Waals surface area contributed by atoms with Gasteiger partial charge >= 0.3 is 6.03 Å². The van der Waals surface area contributed by atoms with Gasteiger partial charge in [0.1, 0.15) is 0 Å². The van der Waals surface area contributed by atoms with Crippen LogP contribution < -0.4 is 20.7 Å². The summed E-state index contributed by atoms with van der Waals surface area (Å²) in [5, 5.41) is 9.13. The fourth-order valence-corrected chi connectivity index (χ4v) is 6.16. The molecule has 4 N–H and O–H groups in total. The highest BCUT2D eigenvalue weighted by Crippen LogP contribution is 2.29. The van der Waals surface area contributed by atoms with Crippen LogP contribution in [0.4, 0.5) is 16.2 Å². The lowest BCUT2D eigenvalue weighted by Crippen LogP contribution is -2.31. The van der Waals surface area contributed by atoms with Crippen LogP contribution in [0, 0.1) is 0 Å². The van der Waals surface area contributed by atoms with Crippen molar-refractivity contribution in [1.82, 2.24) is 15.6 Å².